The second-order valence-corrected chi connectivity index (χ2v) is 11.1. The van der Waals surface area contributed by atoms with Gasteiger partial charge in [-0.05, 0) is 6.07 Å². The number of nitrogens with one attached hydrogen (secondary N) is 3. The molecule has 0 spiro atoms. The number of fused-ring (bicyclic) bond motifs is 2. The van der Waals surface area contributed by atoms with E-state index in [1.807, 2.05) is 42.6 Å². The van der Waals surface area contributed by atoms with Crippen molar-refractivity contribution in [3.05, 3.63) is 107 Å². The number of hydrogen-bond donors (Lipinski definition) is 3. The fraction of sp³-hybridized carbons (Fsp3) is 0.242. The molecule has 6 rings (SSSR count). The maximum absolute atomic E-state index is 12.8. The zero-order valence-corrected chi connectivity index (χ0v) is 26.0. The molecule has 3 aromatic heterocycles. The number of amides is 1. The quantitative estimate of drug-likeness (QED) is 0.163. The summed E-state index contributed by atoms with van der Waals surface area (Å²) in [6.07, 6.45) is 6.10. The van der Waals surface area contributed by atoms with Crippen molar-refractivity contribution in [2.75, 3.05) is 14.2 Å². The number of H-pyrrole nitrogens is 2. The summed E-state index contributed by atoms with van der Waals surface area (Å²) in [5.41, 5.74) is 5.45. The maximum atomic E-state index is 12.8. The number of nitrogens with zero attached hydrogens (tertiary/aromatic N) is 3. The van der Waals surface area contributed by atoms with Gasteiger partial charge in [0, 0.05) is 0 Å². The van der Waals surface area contributed by atoms with E-state index in [4.69, 9.17) is 19.7 Å². The standard InChI is InChI=1S/C33H33AsN6O3/c1-42-24-13-11-22(30(16-24)43-2)20-40-31(14-12-21-18-35-27-9-5-3-7-25(21)27)38-39-33(40)29(37-32(41)17-34)15-23-19-36-28-10-6-4-8-26(23)28/h3-11,13,16,18-19,29,35-36H,12,14-15,17,20H2,1-2H3,(H,37,41). The van der Waals surface area contributed by atoms with Gasteiger partial charge >= 0.3 is 234 Å². The first kappa shape index (κ1) is 28.6. The van der Waals surface area contributed by atoms with Crippen molar-refractivity contribution in [3.8, 4) is 11.5 Å². The van der Waals surface area contributed by atoms with Gasteiger partial charge in [0.15, 0.2) is 0 Å². The third-order valence-corrected chi connectivity index (χ3v) is 8.46. The van der Waals surface area contributed by atoms with Crippen LogP contribution >= 0.6 is 0 Å². The number of aromatic amines is 2. The average molecular weight is 637 g/mol. The predicted octanol–water partition coefficient (Wildman–Crippen LogP) is 5.08. The van der Waals surface area contributed by atoms with Crippen LogP contribution in [-0.2, 0) is 30.6 Å². The van der Waals surface area contributed by atoms with Crippen molar-refractivity contribution in [3.63, 3.8) is 0 Å². The molecule has 0 aliphatic carbocycles. The van der Waals surface area contributed by atoms with Crippen LogP contribution in [0.4, 0.5) is 0 Å². The van der Waals surface area contributed by atoms with Crippen LogP contribution in [0, 0.1) is 0 Å². The van der Waals surface area contributed by atoms with Crippen LogP contribution in [0.1, 0.15) is 34.4 Å². The summed E-state index contributed by atoms with van der Waals surface area (Å²) in [6.45, 7) is 0.473. The van der Waals surface area contributed by atoms with Crippen LogP contribution in [0.25, 0.3) is 21.8 Å². The molecular weight excluding hydrogens is 603 g/mol. The minimum absolute atomic E-state index is 0.0678. The number of rotatable bonds is 12. The van der Waals surface area contributed by atoms with Gasteiger partial charge < -0.3 is 0 Å². The molecule has 10 heteroatoms. The molecule has 9 nitrogen and oxygen atoms in total. The first-order chi connectivity index (χ1) is 21.1. The number of carbonyl (C=O) groups is 1. The molecule has 3 N–H and O–H groups in total. The molecule has 1 amide bonds. The number of aromatic nitrogens is 5. The van der Waals surface area contributed by atoms with Gasteiger partial charge in [0.1, 0.15) is 0 Å². The van der Waals surface area contributed by atoms with Crippen molar-refractivity contribution in [2.45, 2.75) is 37.1 Å². The molecule has 0 saturated heterocycles. The number of ether oxygens (including phenoxy) is 2. The summed E-state index contributed by atoms with van der Waals surface area (Å²) in [5, 5.41) is 15.3. The first-order valence-electron chi connectivity index (χ1n) is 14.2. The summed E-state index contributed by atoms with van der Waals surface area (Å²) in [4.78, 5) is 19.5. The van der Waals surface area contributed by atoms with E-state index in [-0.39, 0.29) is 5.91 Å². The molecule has 0 aliphatic rings. The Bertz CT molecular complexity index is 1870. The summed E-state index contributed by atoms with van der Waals surface area (Å²) in [5.74, 6) is 2.90. The number of benzene rings is 3. The third-order valence-electron chi connectivity index (χ3n) is 7.86. The normalized spacial score (nSPS) is 12.1. The molecule has 218 valence electrons. The molecule has 0 saturated carbocycles. The van der Waals surface area contributed by atoms with E-state index in [1.165, 1.54) is 10.9 Å². The van der Waals surface area contributed by atoms with E-state index in [9.17, 15) is 4.79 Å². The number of para-hydroxylation sites is 2. The Kier molecular flexibility index (Phi) is 8.52. The molecule has 0 aliphatic heterocycles. The van der Waals surface area contributed by atoms with E-state index in [1.54, 1.807) is 14.2 Å². The SMILES string of the molecule is COc1ccc(Cn2c(CCc3c[nH]c4ccccc34)nnc2C(Cc2c[nH]c3ccccc23)NC(=O)C[As])c(OC)c1. The van der Waals surface area contributed by atoms with Crippen molar-refractivity contribution in [1.82, 2.24) is 30.0 Å². The Morgan fingerprint density at radius 1 is 0.884 bits per heavy atom. The number of aryl methyl sites for hydroxylation is 2. The Labute approximate surface area is 258 Å². The van der Waals surface area contributed by atoms with Crippen molar-refractivity contribution in [1.29, 1.82) is 0 Å². The molecule has 0 fully saturated rings. The van der Waals surface area contributed by atoms with Crippen LogP contribution in [0.3, 0.4) is 0 Å². The zero-order valence-electron chi connectivity index (χ0n) is 24.1. The fourth-order valence-corrected chi connectivity index (χ4v) is 5.86. The Balaban J connectivity index is 1.39. The molecule has 2 radical (unpaired) electrons. The van der Waals surface area contributed by atoms with E-state index in [0.717, 1.165) is 45.5 Å². The number of methoxy groups -OCH3 is 2. The molecular formula is C33H33AsN6O3. The molecule has 43 heavy (non-hydrogen) atoms. The molecule has 1 unspecified atom stereocenters. The Hall–Kier alpha value is -4.49. The van der Waals surface area contributed by atoms with Crippen LogP contribution in [0.2, 0.25) is 5.21 Å². The Morgan fingerprint density at radius 2 is 1.58 bits per heavy atom. The van der Waals surface area contributed by atoms with Gasteiger partial charge in [-0.1, -0.05) is 12.1 Å². The van der Waals surface area contributed by atoms with Crippen molar-refractivity contribution < 1.29 is 14.3 Å². The Morgan fingerprint density at radius 3 is 2.28 bits per heavy atom. The zero-order chi connectivity index (χ0) is 29.8. The predicted molar refractivity (Wildman–Crippen MR) is 168 cm³/mol. The average Bonchev–Trinajstić information content (AvgIpc) is 3.77. The van der Waals surface area contributed by atoms with E-state index in [0.29, 0.717) is 36.2 Å². The van der Waals surface area contributed by atoms with Crippen molar-refractivity contribution >= 4 is 44.6 Å². The third kappa shape index (κ3) is 6.04. The van der Waals surface area contributed by atoms with Crippen LogP contribution in [-0.4, -0.2) is 61.7 Å². The van der Waals surface area contributed by atoms with Crippen LogP contribution in [0.5, 0.6) is 11.5 Å². The van der Waals surface area contributed by atoms with E-state index in [2.05, 4.69) is 73.2 Å². The fourth-order valence-electron chi connectivity index (χ4n) is 5.67. The van der Waals surface area contributed by atoms with Crippen LogP contribution in [0.15, 0.2) is 79.1 Å². The molecule has 3 heterocycles. The summed E-state index contributed by atoms with van der Waals surface area (Å²) < 4.78 is 13.3. The topological polar surface area (TPSA) is 110 Å². The molecule has 0 bridgehead atoms. The summed E-state index contributed by atoms with van der Waals surface area (Å²) in [7, 11) is 3.29. The summed E-state index contributed by atoms with van der Waals surface area (Å²) in [6, 6.07) is 21.9. The molecule has 1 atom stereocenters. The minimum atomic E-state index is -0.394. The second kappa shape index (κ2) is 12.8. The van der Waals surface area contributed by atoms with Gasteiger partial charge in [0.05, 0.1) is 7.11 Å². The molecule has 6 aromatic rings. The molecule has 3 aromatic carbocycles. The first-order valence-corrected chi connectivity index (χ1v) is 15.5. The second-order valence-electron chi connectivity index (χ2n) is 10.4. The van der Waals surface area contributed by atoms with Gasteiger partial charge in [-0.25, -0.2) is 0 Å². The van der Waals surface area contributed by atoms with Gasteiger partial charge in [-0.15, -0.1) is 0 Å². The van der Waals surface area contributed by atoms with E-state index >= 15 is 0 Å². The number of hydrogen-bond acceptors (Lipinski definition) is 5. The number of carbonyl (C=O) groups excluding carboxylic acids is 1. The van der Waals surface area contributed by atoms with E-state index < -0.39 is 6.04 Å². The summed E-state index contributed by atoms with van der Waals surface area (Å²) >= 11 is 2.35. The van der Waals surface area contributed by atoms with Gasteiger partial charge in [0.25, 0.3) is 0 Å². The van der Waals surface area contributed by atoms with Gasteiger partial charge in [-0.3, -0.25) is 0 Å². The van der Waals surface area contributed by atoms with Crippen molar-refractivity contribution in [2.24, 2.45) is 0 Å². The monoisotopic (exact) mass is 636 g/mol. The van der Waals surface area contributed by atoms with Gasteiger partial charge in [-0.2, -0.15) is 0 Å². The van der Waals surface area contributed by atoms with Gasteiger partial charge in [0.2, 0.25) is 0 Å². The van der Waals surface area contributed by atoms with Crippen LogP contribution < -0.4 is 14.8 Å².